The summed E-state index contributed by atoms with van der Waals surface area (Å²) in [5, 5.41) is 18.0. The summed E-state index contributed by atoms with van der Waals surface area (Å²) in [6.45, 7) is 2.20. The van der Waals surface area contributed by atoms with Gasteiger partial charge in [0.1, 0.15) is 12.2 Å². The van der Waals surface area contributed by atoms with Gasteiger partial charge in [0.25, 0.3) is 0 Å². The molecule has 9 heavy (non-hydrogen) atoms. The number of ether oxygens (including phenoxy) is 1. The first-order chi connectivity index (χ1) is 4.25. The quantitative estimate of drug-likeness (QED) is 0.506. The molecule has 1 rings (SSSR count). The Balaban J connectivity index is 2.41. The third kappa shape index (κ3) is 1.23. The van der Waals surface area contributed by atoms with Crippen LogP contribution in [-0.2, 0) is 4.74 Å². The van der Waals surface area contributed by atoms with Gasteiger partial charge in [-0.3, -0.25) is 0 Å². The van der Waals surface area contributed by atoms with Crippen molar-refractivity contribution in [3.8, 4) is 0 Å². The zero-order chi connectivity index (χ0) is 6.85. The first kappa shape index (κ1) is 6.99. The van der Waals surface area contributed by atoms with E-state index >= 15 is 0 Å². The first-order valence-corrected chi connectivity index (χ1v) is 3.23. The lowest BCUT2D eigenvalue weighted by Crippen LogP contribution is -2.29. The summed E-state index contributed by atoms with van der Waals surface area (Å²) >= 11 is 0. The maximum atomic E-state index is 9.08. The normalized spacial score (nSPS) is 43.7. The predicted molar refractivity (Wildman–Crippen MR) is 32.0 cm³/mol. The molecule has 0 aromatic carbocycles. The fourth-order valence-electron chi connectivity index (χ4n) is 1.03. The Bertz CT molecular complexity index is 94.3. The number of aliphatic hydroxyl groups is 2. The zero-order valence-electron chi connectivity index (χ0n) is 5.45. The highest BCUT2D eigenvalue weighted by molar-refractivity contribution is 4.81. The van der Waals surface area contributed by atoms with Crippen molar-refractivity contribution in [1.29, 1.82) is 0 Å². The van der Waals surface area contributed by atoms with Crippen LogP contribution in [0.1, 0.15) is 13.3 Å². The third-order valence-electron chi connectivity index (χ3n) is 1.66. The molecule has 54 valence electrons. The van der Waals surface area contributed by atoms with Gasteiger partial charge in [-0.1, -0.05) is 6.92 Å². The molecule has 1 fully saturated rings. The van der Waals surface area contributed by atoms with E-state index in [4.69, 9.17) is 14.9 Å². The van der Waals surface area contributed by atoms with Crippen molar-refractivity contribution in [2.24, 2.45) is 0 Å². The van der Waals surface area contributed by atoms with E-state index in [2.05, 4.69) is 0 Å². The Kier molecular flexibility index (Phi) is 2.05. The molecule has 0 bridgehead atoms. The molecule has 0 spiro atoms. The second-order valence-corrected chi connectivity index (χ2v) is 2.34. The van der Waals surface area contributed by atoms with Gasteiger partial charge >= 0.3 is 0 Å². The minimum atomic E-state index is -0.671. The van der Waals surface area contributed by atoms with Crippen LogP contribution in [0.25, 0.3) is 0 Å². The van der Waals surface area contributed by atoms with Crippen LogP contribution < -0.4 is 0 Å². The van der Waals surface area contributed by atoms with E-state index in [1.165, 1.54) is 0 Å². The van der Waals surface area contributed by atoms with E-state index in [1.54, 1.807) is 0 Å². The van der Waals surface area contributed by atoms with Gasteiger partial charge in [0.15, 0.2) is 0 Å². The second kappa shape index (κ2) is 2.64. The standard InChI is InChI=1S/C6H12O3/c1-2-5-6(8)4(7)3-9-5/h4-8H,2-3H2,1H3/t4-,5-,6-/m1/s1. The van der Waals surface area contributed by atoms with E-state index < -0.39 is 12.2 Å². The van der Waals surface area contributed by atoms with E-state index in [0.717, 1.165) is 6.42 Å². The van der Waals surface area contributed by atoms with Crippen LogP contribution >= 0.6 is 0 Å². The first-order valence-electron chi connectivity index (χ1n) is 3.23. The van der Waals surface area contributed by atoms with Gasteiger partial charge in [-0.15, -0.1) is 0 Å². The van der Waals surface area contributed by atoms with E-state index in [1.807, 2.05) is 6.92 Å². The molecule has 1 aliphatic heterocycles. The van der Waals surface area contributed by atoms with E-state index in [0.29, 0.717) is 0 Å². The molecule has 0 unspecified atom stereocenters. The summed E-state index contributed by atoms with van der Waals surface area (Å²) in [5.41, 5.74) is 0. The van der Waals surface area contributed by atoms with Crippen LogP contribution in [-0.4, -0.2) is 35.1 Å². The lowest BCUT2D eigenvalue weighted by Gasteiger charge is -2.10. The van der Waals surface area contributed by atoms with Crippen LogP contribution in [0.15, 0.2) is 0 Å². The third-order valence-corrected chi connectivity index (χ3v) is 1.66. The second-order valence-electron chi connectivity index (χ2n) is 2.34. The summed E-state index contributed by atoms with van der Waals surface area (Å²) in [5.74, 6) is 0. The zero-order valence-corrected chi connectivity index (χ0v) is 5.45. The lowest BCUT2D eigenvalue weighted by molar-refractivity contribution is 0.0218. The van der Waals surface area contributed by atoms with Gasteiger partial charge in [0.2, 0.25) is 0 Å². The molecular weight excluding hydrogens is 120 g/mol. The summed E-state index contributed by atoms with van der Waals surface area (Å²) in [6.07, 6.45) is -0.733. The highest BCUT2D eigenvalue weighted by Crippen LogP contribution is 2.16. The Morgan fingerprint density at radius 3 is 2.44 bits per heavy atom. The lowest BCUT2D eigenvalue weighted by atomic mass is 10.1. The molecule has 0 aromatic rings. The van der Waals surface area contributed by atoms with Gasteiger partial charge in [-0.05, 0) is 6.42 Å². The van der Waals surface area contributed by atoms with Crippen LogP contribution in [0.2, 0.25) is 0 Å². The van der Waals surface area contributed by atoms with Gasteiger partial charge in [-0.25, -0.2) is 0 Å². The molecule has 1 aliphatic rings. The maximum Gasteiger partial charge on any atom is 0.108 e. The summed E-state index contributed by atoms with van der Waals surface area (Å²) < 4.78 is 5.03. The van der Waals surface area contributed by atoms with Gasteiger partial charge in [0.05, 0.1) is 12.7 Å². The summed E-state index contributed by atoms with van der Waals surface area (Å²) in [7, 11) is 0. The fraction of sp³-hybridized carbons (Fsp3) is 1.00. The van der Waals surface area contributed by atoms with E-state index in [-0.39, 0.29) is 12.7 Å². The topological polar surface area (TPSA) is 49.7 Å². The minimum Gasteiger partial charge on any atom is -0.388 e. The van der Waals surface area contributed by atoms with Gasteiger partial charge in [-0.2, -0.15) is 0 Å². The van der Waals surface area contributed by atoms with Crippen molar-refractivity contribution in [1.82, 2.24) is 0 Å². The monoisotopic (exact) mass is 132 g/mol. The van der Waals surface area contributed by atoms with Crippen LogP contribution in [0.4, 0.5) is 0 Å². The molecule has 0 saturated carbocycles. The Hall–Kier alpha value is -0.120. The van der Waals surface area contributed by atoms with Crippen molar-refractivity contribution in [3.05, 3.63) is 0 Å². The average molecular weight is 132 g/mol. The number of rotatable bonds is 1. The summed E-state index contributed by atoms with van der Waals surface area (Å²) in [6, 6.07) is 0. The SMILES string of the molecule is CC[C@H]1OC[C@@H](O)[C@H]1O. The molecule has 0 radical (unpaired) electrons. The van der Waals surface area contributed by atoms with Crippen LogP contribution in [0, 0.1) is 0 Å². The highest BCUT2D eigenvalue weighted by Gasteiger charge is 2.32. The fourth-order valence-corrected chi connectivity index (χ4v) is 1.03. The summed E-state index contributed by atoms with van der Waals surface area (Å²) in [4.78, 5) is 0. The average Bonchev–Trinajstić information content (AvgIpc) is 2.15. The molecule has 0 aliphatic carbocycles. The van der Waals surface area contributed by atoms with Crippen molar-refractivity contribution in [3.63, 3.8) is 0 Å². The number of hydrogen-bond donors (Lipinski definition) is 2. The number of hydrogen-bond acceptors (Lipinski definition) is 3. The van der Waals surface area contributed by atoms with Crippen LogP contribution in [0.3, 0.4) is 0 Å². The minimum absolute atomic E-state index is 0.153. The molecule has 0 aromatic heterocycles. The predicted octanol–water partition coefficient (Wildman–Crippen LogP) is -0.483. The molecular formula is C6H12O3. The molecule has 3 heteroatoms. The molecule has 1 heterocycles. The largest absolute Gasteiger partial charge is 0.388 e. The Labute approximate surface area is 54.3 Å². The van der Waals surface area contributed by atoms with E-state index in [9.17, 15) is 0 Å². The maximum absolute atomic E-state index is 9.08. The molecule has 3 nitrogen and oxygen atoms in total. The molecule has 0 amide bonds. The molecule has 3 atom stereocenters. The van der Waals surface area contributed by atoms with Crippen molar-refractivity contribution in [2.75, 3.05) is 6.61 Å². The molecule has 1 saturated heterocycles. The van der Waals surface area contributed by atoms with Crippen molar-refractivity contribution in [2.45, 2.75) is 31.7 Å². The van der Waals surface area contributed by atoms with Crippen molar-refractivity contribution < 1.29 is 14.9 Å². The van der Waals surface area contributed by atoms with Crippen LogP contribution in [0.5, 0.6) is 0 Å². The molecule has 2 N–H and O–H groups in total. The Morgan fingerprint density at radius 2 is 2.22 bits per heavy atom. The van der Waals surface area contributed by atoms with Gasteiger partial charge in [0, 0.05) is 0 Å². The smallest absolute Gasteiger partial charge is 0.108 e. The van der Waals surface area contributed by atoms with Gasteiger partial charge < -0.3 is 14.9 Å². The highest BCUT2D eigenvalue weighted by atomic mass is 16.5. The number of aliphatic hydroxyl groups excluding tert-OH is 2. The Morgan fingerprint density at radius 1 is 1.56 bits per heavy atom. The van der Waals surface area contributed by atoms with Crippen molar-refractivity contribution >= 4 is 0 Å².